The van der Waals surface area contributed by atoms with Crippen molar-refractivity contribution < 1.29 is 23.1 Å². The van der Waals surface area contributed by atoms with Crippen molar-refractivity contribution in [1.29, 1.82) is 0 Å². The van der Waals surface area contributed by atoms with Crippen LogP contribution in [0, 0.1) is 0 Å². The molecule has 0 saturated carbocycles. The van der Waals surface area contributed by atoms with Crippen LogP contribution in [0.25, 0.3) is 10.1 Å². The second-order valence-corrected chi connectivity index (χ2v) is 11.1. The minimum atomic E-state index is -4.30. The van der Waals surface area contributed by atoms with Gasteiger partial charge in [0.1, 0.15) is 6.04 Å². The van der Waals surface area contributed by atoms with Crippen molar-refractivity contribution in [2.24, 2.45) is 0 Å². The van der Waals surface area contributed by atoms with E-state index in [0.717, 1.165) is 23.7 Å². The first-order chi connectivity index (χ1) is 17.0. The van der Waals surface area contributed by atoms with Crippen LogP contribution >= 0.6 is 46.3 Å². The molecule has 0 unspecified atom stereocenters. The molecular formula is C22H15Cl3N4O5S2. The number of hydrogen-bond acceptors (Lipinski definition) is 7. The SMILES string of the molecule is O=C(N[C@H](Cc1ccc(Cl)cc1)C(=O)O)c1cc(Cl)c(Cl)cc1NS(=O)(=O)c1nccc2sncc12. The van der Waals surface area contributed by atoms with E-state index < -0.39 is 27.9 Å². The van der Waals surface area contributed by atoms with Crippen molar-refractivity contribution in [1.82, 2.24) is 14.7 Å². The molecule has 0 saturated heterocycles. The minimum Gasteiger partial charge on any atom is -0.480 e. The molecule has 0 fully saturated rings. The number of nitrogens with zero attached hydrogens (tertiary/aromatic N) is 2. The van der Waals surface area contributed by atoms with Gasteiger partial charge in [0.2, 0.25) is 0 Å². The van der Waals surface area contributed by atoms with Gasteiger partial charge >= 0.3 is 5.97 Å². The van der Waals surface area contributed by atoms with Crippen molar-refractivity contribution in [2.75, 3.05) is 4.72 Å². The number of benzene rings is 2. The van der Waals surface area contributed by atoms with Gasteiger partial charge in [-0.25, -0.2) is 9.78 Å². The highest BCUT2D eigenvalue weighted by atomic mass is 35.5. The van der Waals surface area contributed by atoms with E-state index in [2.05, 4.69) is 19.4 Å². The summed E-state index contributed by atoms with van der Waals surface area (Å²) in [5, 5.41) is 12.5. The van der Waals surface area contributed by atoms with E-state index in [1.807, 2.05) is 0 Å². The Morgan fingerprint density at radius 1 is 1.06 bits per heavy atom. The van der Waals surface area contributed by atoms with Crippen LogP contribution in [0.1, 0.15) is 15.9 Å². The largest absolute Gasteiger partial charge is 0.480 e. The van der Waals surface area contributed by atoms with Crippen molar-refractivity contribution >= 4 is 84.0 Å². The molecule has 186 valence electrons. The topological polar surface area (TPSA) is 138 Å². The van der Waals surface area contributed by atoms with Gasteiger partial charge in [0.25, 0.3) is 15.9 Å². The predicted molar refractivity (Wildman–Crippen MR) is 139 cm³/mol. The lowest BCUT2D eigenvalue weighted by Crippen LogP contribution is -2.42. The molecule has 14 heteroatoms. The lowest BCUT2D eigenvalue weighted by atomic mass is 10.1. The number of nitrogens with one attached hydrogen (secondary N) is 2. The van der Waals surface area contributed by atoms with Gasteiger partial charge in [0.05, 0.1) is 37.6 Å². The minimum absolute atomic E-state index is 0.0229. The number of fused-ring (bicyclic) bond motifs is 1. The van der Waals surface area contributed by atoms with E-state index in [1.54, 1.807) is 30.3 Å². The number of halogens is 3. The molecule has 3 N–H and O–H groups in total. The molecule has 0 radical (unpaired) electrons. The van der Waals surface area contributed by atoms with Crippen molar-refractivity contribution in [3.63, 3.8) is 0 Å². The molecule has 9 nitrogen and oxygen atoms in total. The molecule has 2 aromatic heterocycles. The third-order valence-corrected chi connectivity index (χ3v) is 8.07. The van der Waals surface area contributed by atoms with E-state index in [4.69, 9.17) is 34.8 Å². The van der Waals surface area contributed by atoms with E-state index in [9.17, 15) is 23.1 Å². The number of pyridine rings is 1. The summed E-state index contributed by atoms with van der Waals surface area (Å²) in [5.74, 6) is -2.17. The molecule has 1 amide bonds. The van der Waals surface area contributed by atoms with Crippen LogP contribution in [0.5, 0.6) is 0 Å². The number of hydrogen-bond donors (Lipinski definition) is 3. The fourth-order valence-corrected chi connectivity index (χ4v) is 5.66. The van der Waals surface area contributed by atoms with Crippen molar-refractivity contribution in [3.05, 3.63) is 81.1 Å². The fourth-order valence-electron chi connectivity index (χ4n) is 3.29. The third-order valence-electron chi connectivity index (χ3n) is 5.01. The number of carboxylic acid groups (broad SMARTS) is 1. The normalized spacial score (nSPS) is 12.3. The Balaban J connectivity index is 1.66. The monoisotopic (exact) mass is 584 g/mol. The maximum Gasteiger partial charge on any atom is 0.326 e. The predicted octanol–water partition coefficient (Wildman–Crippen LogP) is 4.88. The first-order valence-electron chi connectivity index (χ1n) is 10.0. The number of sulfonamides is 1. The van der Waals surface area contributed by atoms with E-state index >= 15 is 0 Å². The van der Waals surface area contributed by atoms with Crippen LogP contribution in [0.3, 0.4) is 0 Å². The number of aliphatic carboxylic acids is 1. The summed E-state index contributed by atoms with van der Waals surface area (Å²) in [6.07, 6.45) is 2.65. The second-order valence-electron chi connectivity index (χ2n) is 7.47. The van der Waals surface area contributed by atoms with Gasteiger partial charge in [-0.05, 0) is 47.4 Å². The molecule has 0 bridgehead atoms. The molecule has 4 rings (SSSR count). The summed E-state index contributed by atoms with van der Waals surface area (Å²) in [6, 6.07) is 9.07. The lowest BCUT2D eigenvalue weighted by molar-refractivity contribution is -0.139. The average molecular weight is 586 g/mol. The quantitative estimate of drug-likeness (QED) is 0.268. The number of carboxylic acids is 1. The summed E-state index contributed by atoms with van der Waals surface area (Å²) in [7, 11) is -4.30. The Labute approximate surface area is 224 Å². The molecule has 2 heterocycles. The lowest BCUT2D eigenvalue weighted by Gasteiger charge is -2.18. The molecule has 0 aliphatic heterocycles. The standard InChI is InChI=1S/C22H15Cl3N4O5S2/c23-12-3-1-11(2-4-12)7-18(22(31)32)28-20(30)13-8-15(24)16(25)9-17(13)29-36(33,34)21-14-10-27-35-19(14)5-6-26-21/h1-6,8-10,18,29H,7H2,(H,28,30)(H,31,32)/t18-/m1/s1. The first-order valence-corrected chi connectivity index (χ1v) is 13.4. The van der Waals surface area contributed by atoms with Crippen LogP contribution in [-0.4, -0.2) is 40.8 Å². The average Bonchev–Trinajstić information content (AvgIpc) is 3.30. The third kappa shape index (κ3) is 5.71. The number of aromatic nitrogens is 2. The summed E-state index contributed by atoms with van der Waals surface area (Å²) in [5.41, 5.74) is 0.177. The fraction of sp³-hybridized carbons (Fsp3) is 0.0909. The number of amides is 1. The molecule has 2 aromatic carbocycles. The van der Waals surface area contributed by atoms with Crippen molar-refractivity contribution in [2.45, 2.75) is 17.5 Å². The smallest absolute Gasteiger partial charge is 0.326 e. The molecule has 4 aromatic rings. The molecule has 0 spiro atoms. The summed E-state index contributed by atoms with van der Waals surface area (Å²) in [6.45, 7) is 0. The van der Waals surface area contributed by atoms with Crippen LogP contribution in [0.2, 0.25) is 15.1 Å². The summed E-state index contributed by atoms with van der Waals surface area (Å²) < 4.78 is 33.2. The highest BCUT2D eigenvalue weighted by Gasteiger charge is 2.27. The number of carbonyl (C=O) groups excluding carboxylic acids is 1. The van der Waals surface area contributed by atoms with Crippen molar-refractivity contribution in [3.8, 4) is 0 Å². The van der Waals surface area contributed by atoms with Gasteiger partial charge in [0.15, 0.2) is 5.03 Å². The number of rotatable bonds is 8. The maximum absolute atomic E-state index is 13.2. The Bertz CT molecular complexity index is 1580. The Hall–Kier alpha value is -2.96. The molecule has 0 aliphatic carbocycles. The van der Waals surface area contributed by atoms with E-state index in [-0.39, 0.29) is 32.7 Å². The van der Waals surface area contributed by atoms with Gasteiger partial charge in [-0.1, -0.05) is 46.9 Å². The van der Waals surface area contributed by atoms with Crippen LogP contribution in [0.15, 0.2) is 59.9 Å². The number of anilines is 1. The molecule has 1 atom stereocenters. The number of carbonyl (C=O) groups is 2. The highest BCUT2D eigenvalue weighted by molar-refractivity contribution is 7.92. The van der Waals surface area contributed by atoms with Crippen LogP contribution in [-0.2, 0) is 21.2 Å². The zero-order valence-electron chi connectivity index (χ0n) is 17.9. The van der Waals surface area contributed by atoms with Gasteiger partial charge in [-0.3, -0.25) is 9.52 Å². The van der Waals surface area contributed by atoms with Crippen LogP contribution in [0.4, 0.5) is 5.69 Å². The van der Waals surface area contributed by atoms with E-state index in [1.165, 1.54) is 12.4 Å². The first kappa shape index (κ1) is 26.1. The Morgan fingerprint density at radius 3 is 2.44 bits per heavy atom. The highest BCUT2D eigenvalue weighted by Crippen LogP contribution is 2.32. The van der Waals surface area contributed by atoms with Gasteiger partial charge in [-0.2, -0.15) is 12.8 Å². The van der Waals surface area contributed by atoms with E-state index in [0.29, 0.717) is 20.7 Å². The summed E-state index contributed by atoms with van der Waals surface area (Å²) in [4.78, 5) is 28.9. The van der Waals surface area contributed by atoms with Gasteiger partial charge in [-0.15, -0.1) is 0 Å². The maximum atomic E-state index is 13.2. The van der Waals surface area contributed by atoms with Crippen LogP contribution < -0.4 is 10.0 Å². The molecule has 0 aliphatic rings. The van der Waals surface area contributed by atoms with Gasteiger partial charge in [0, 0.05) is 17.6 Å². The van der Waals surface area contributed by atoms with Gasteiger partial charge < -0.3 is 10.4 Å². The Kier molecular flexibility index (Phi) is 7.67. The zero-order chi connectivity index (χ0) is 26.0. The summed E-state index contributed by atoms with van der Waals surface area (Å²) >= 11 is 19.1. The Morgan fingerprint density at radius 2 is 1.75 bits per heavy atom. The zero-order valence-corrected chi connectivity index (χ0v) is 21.8. The molecular weight excluding hydrogens is 571 g/mol. The molecule has 36 heavy (non-hydrogen) atoms. The second kappa shape index (κ2) is 10.6.